The van der Waals surface area contributed by atoms with Gasteiger partial charge in [0.15, 0.2) is 0 Å². The van der Waals surface area contributed by atoms with Crippen LogP contribution in [0, 0.1) is 13.8 Å². The van der Waals surface area contributed by atoms with Crippen LogP contribution in [0.4, 0.5) is 0 Å². The Kier molecular flexibility index (Phi) is 3.33. The zero-order chi connectivity index (χ0) is 11.5. The molecule has 0 spiro atoms. The zero-order valence-electron chi connectivity index (χ0n) is 9.40. The number of nitrogens with one attached hydrogen (secondary N) is 1. The molecule has 0 aliphatic heterocycles. The van der Waals surface area contributed by atoms with Gasteiger partial charge in [-0.1, -0.05) is 0 Å². The summed E-state index contributed by atoms with van der Waals surface area (Å²) in [5, 5.41) is 4.26. The first kappa shape index (κ1) is 11.3. The first-order valence-electron chi connectivity index (χ1n) is 5.13. The second kappa shape index (κ2) is 4.74. The normalized spacial score (nSPS) is 12.7. The summed E-state index contributed by atoms with van der Waals surface area (Å²) in [5.41, 5.74) is 7.68. The highest BCUT2D eigenvalue weighted by Gasteiger charge is 2.17. The molecular weight excluding hydrogens is 218 g/mol. The van der Waals surface area contributed by atoms with Crippen LogP contribution in [-0.4, -0.2) is 4.98 Å². The zero-order valence-corrected chi connectivity index (χ0v) is 10.2. The topological polar surface area (TPSA) is 50.9 Å². The fourth-order valence-electron chi connectivity index (χ4n) is 1.79. The van der Waals surface area contributed by atoms with Crippen LogP contribution in [0.2, 0.25) is 0 Å². The lowest BCUT2D eigenvalue weighted by Gasteiger charge is -2.18. The van der Waals surface area contributed by atoms with E-state index < -0.39 is 0 Å². The van der Waals surface area contributed by atoms with Crippen molar-refractivity contribution in [1.82, 2.24) is 10.4 Å². The molecule has 2 heterocycles. The molecule has 0 aliphatic rings. The highest BCUT2D eigenvalue weighted by atomic mass is 32.1. The molecule has 2 rings (SSSR count). The summed E-state index contributed by atoms with van der Waals surface area (Å²) in [7, 11) is 0. The van der Waals surface area contributed by atoms with Crippen LogP contribution < -0.4 is 11.3 Å². The van der Waals surface area contributed by atoms with Crippen molar-refractivity contribution in [3.8, 4) is 0 Å². The van der Waals surface area contributed by atoms with Gasteiger partial charge < -0.3 is 0 Å². The van der Waals surface area contributed by atoms with Gasteiger partial charge in [0.25, 0.3) is 0 Å². The molecule has 0 saturated heterocycles. The van der Waals surface area contributed by atoms with E-state index in [4.69, 9.17) is 5.84 Å². The molecule has 3 nitrogen and oxygen atoms in total. The van der Waals surface area contributed by atoms with E-state index in [0.717, 1.165) is 5.56 Å². The number of aryl methyl sites for hydroxylation is 2. The van der Waals surface area contributed by atoms with Crippen LogP contribution in [0.1, 0.15) is 28.3 Å². The third kappa shape index (κ3) is 2.00. The molecule has 1 unspecified atom stereocenters. The fourth-order valence-corrected chi connectivity index (χ4v) is 2.67. The summed E-state index contributed by atoms with van der Waals surface area (Å²) < 4.78 is 0. The Labute approximate surface area is 99.3 Å². The average Bonchev–Trinajstić information content (AvgIpc) is 2.69. The van der Waals surface area contributed by atoms with Crippen LogP contribution in [-0.2, 0) is 0 Å². The van der Waals surface area contributed by atoms with Crippen molar-refractivity contribution in [1.29, 1.82) is 0 Å². The molecule has 2 aromatic rings. The lowest BCUT2D eigenvalue weighted by Crippen LogP contribution is -2.29. The Morgan fingerprint density at radius 2 is 2.06 bits per heavy atom. The number of hydrogen-bond donors (Lipinski definition) is 2. The molecule has 4 heteroatoms. The largest absolute Gasteiger partial charge is 0.271 e. The summed E-state index contributed by atoms with van der Waals surface area (Å²) >= 11 is 1.69. The average molecular weight is 233 g/mol. The monoisotopic (exact) mass is 233 g/mol. The van der Waals surface area contributed by atoms with E-state index in [2.05, 4.69) is 35.0 Å². The van der Waals surface area contributed by atoms with Crippen molar-refractivity contribution in [3.63, 3.8) is 0 Å². The maximum absolute atomic E-state index is 5.66. The van der Waals surface area contributed by atoms with Crippen LogP contribution >= 0.6 is 11.3 Å². The maximum atomic E-state index is 5.66. The van der Waals surface area contributed by atoms with E-state index >= 15 is 0 Å². The molecule has 0 bridgehead atoms. The fraction of sp³-hybridized carbons (Fsp3) is 0.250. The van der Waals surface area contributed by atoms with E-state index in [-0.39, 0.29) is 6.04 Å². The predicted molar refractivity (Wildman–Crippen MR) is 67.2 cm³/mol. The smallest absolute Gasteiger partial charge is 0.0738 e. The van der Waals surface area contributed by atoms with E-state index in [1.165, 1.54) is 16.7 Å². The van der Waals surface area contributed by atoms with Gasteiger partial charge in [0.1, 0.15) is 0 Å². The molecule has 84 valence electrons. The summed E-state index contributed by atoms with van der Waals surface area (Å²) in [6.07, 6.45) is 3.67. The summed E-state index contributed by atoms with van der Waals surface area (Å²) in [4.78, 5) is 4.16. The number of thiophene rings is 1. The summed E-state index contributed by atoms with van der Waals surface area (Å²) in [6.45, 7) is 4.17. The molecule has 0 amide bonds. The van der Waals surface area contributed by atoms with Crippen molar-refractivity contribution in [2.45, 2.75) is 19.9 Å². The summed E-state index contributed by atoms with van der Waals surface area (Å²) in [5.74, 6) is 5.66. The lowest BCUT2D eigenvalue weighted by molar-refractivity contribution is 0.630. The first-order valence-corrected chi connectivity index (χ1v) is 6.07. The third-order valence-electron chi connectivity index (χ3n) is 2.76. The number of aromatic nitrogens is 1. The minimum absolute atomic E-state index is 0.0277. The Balaban J connectivity index is 2.45. The van der Waals surface area contributed by atoms with Crippen LogP contribution in [0.3, 0.4) is 0 Å². The van der Waals surface area contributed by atoms with Gasteiger partial charge in [0.05, 0.1) is 6.04 Å². The number of pyridine rings is 1. The van der Waals surface area contributed by atoms with Gasteiger partial charge in [-0.15, -0.1) is 0 Å². The third-order valence-corrected chi connectivity index (χ3v) is 3.64. The number of hydrogen-bond acceptors (Lipinski definition) is 4. The van der Waals surface area contributed by atoms with Gasteiger partial charge in [-0.25, -0.2) is 5.43 Å². The molecule has 0 fully saturated rings. The highest BCUT2D eigenvalue weighted by Crippen LogP contribution is 2.28. The van der Waals surface area contributed by atoms with Gasteiger partial charge in [0, 0.05) is 12.4 Å². The molecule has 2 aromatic heterocycles. The van der Waals surface area contributed by atoms with Crippen LogP contribution in [0.25, 0.3) is 0 Å². The molecule has 0 aliphatic carbocycles. The quantitative estimate of drug-likeness (QED) is 0.632. The molecule has 0 aromatic carbocycles. The Hall–Kier alpha value is -1.23. The van der Waals surface area contributed by atoms with E-state index in [1.807, 2.05) is 12.3 Å². The SMILES string of the molecule is Cc1ccncc1C(NN)c1cscc1C. The Morgan fingerprint density at radius 1 is 1.25 bits per heavy atom. The predicted octanol–water partition coefficient (Wildman–Crippen LogP) is 2.31. The minimum Gasteiger partial charge on any atom is -0.271 e. The van der Waals surface area contributed by atoms with E-state index in [0.29, 0.717) is 0 Å². The van der Waals surface area contributed by atoms with Gasteiger partial charge in [0.2, 0.25) is 0 Å². The molecule has 1 atom stereocenters. The second-order valence-electron chi connectivity index (χ2n) is 3.84. The van der Waals surface area contributed by atoms with Crippen LogP contribution in [0.15, 0.2) is 29.2 Å². The molecule has 0 saturated carbocycles. The number of nitrogens with two attached hydrogens (primary N) is 1. The van der Waals surface area contributed by atoms with Crippen molar-refractivity contribution in [3.05, 3.63) is 51.5 Å². The number of nitrogens with zero attached hydrogens (tertiary/aromatic N) is 1. The van der Waals surface area contributed by atoms with Crippen molar-refractivity contribution in [2.75, 3.05) is 0 Å². The van der Waals surface area contributed by atoms with Crippen molar-refractivity contribution in [2.24, 2.45) is 5.84 Å². The van der Waals surface area contributed by atoms with Gasteiger partial charge in [-0.05, 0) is 52.9 Å². The van der Waals surface area contributed by atoms with Crippen LogP contribution in [0.5, 0.6) is 0 Å². The van der Waals surface area contributed by atoms with Gasteiger partial charge in [-0.3, -0.25) is 10.8 Å². The Morgan fingerprint density at radius 3 is 2.62 bits per heavy atom. The molecule has 16 heavy (non-hydrogen) atoms. The van der Waals surface area contributed by atoms with Gasteiger partial charge >= 0.3 is 0 Å². The van der Waals surface area contributed by atoms with Crippen molar-refractivity contribution < 1.29 is 0 Å². The highest BCUT2D eigenvalue weighted by molar-refractivity contribution is 7.08. The number of rotatable bonds is 3. The standard InChI is InChI=1S/C12H15N3S/c1-8-3-4-14-5-10(8)12(15-13)11-7-16-6-9(11)2/h3-7,12,15H,13H2,1-2H3. The minimum atomic E-state index is 0.0277. The summed E-state index contributed by atoms with van der Waals surface area (Å²) in [6, 6.07) is 2.03. The van der Waals surface area contributed by atoms with E-state index in [9.17, 15) is 0 Å². The second-order valence-corrected chi connectivity index (χ2v) is 4.59. The van der Waals surface area contributed by atoms with Crippen molar-refractivity contribution >= 4 is 11.3 Å². The number of hydrazine groups is 1. The lowest BCUT2D eigenvalue weighted by atomic mass is 9.97. The van der Waals surface area contributed by atoms with Gasteiger partial charge in [-0.2, -0.15) is 11.3 Å². The molecule has 0 radical (unpaired) electrons. The Bertz CT molecular complexity index is 479. The molecular formula is C12H15N3S. The van der Waals surface area contributed by atoms with E-state index in [1.54, 1.807) is 17.5 Å². The first-order chi connectivity index (χ1) is 7.74. The maximum Gasteiger partial charge on any atom is 0.0738 e. The molecule has 3 N–H and O–H groups in total.